The molecule has 0 bridgehead atoms. The summed E-state index contributed by atoms with van der Waals surface area (Å²) in [7, 11) is 0. The number of anilines is 2. The summed E-state index contributed by atoms with van der Waals surface area (Å²) in [6, 6.07) is 19.0. The van der Waals surface area contributed by atoms with Crippen molar-refractivity contribution in [2.24, 2.45) is 0 Å². The van der Waals surface area contributed by atoms with Crippen LogP contribution in [0.25, 0.3) is 28.0 Å². The van der Waals surface area contributed by atoms with Gasteiger partial charge in [0.15, 0.2) is 17.1 Å². The molecule has 0 saturated heterocycles. The van der Waals surface area contributed by atoms with Crippen molar-refractivity contribution in [2.45, 2.75) is 6.54 Å². The second-order valence-corrected chi connectivity index (χ2v) is 8.36. The van der Waals surface area contributed by atoms with Gasteiger partial charge in [-0.3, -0.25) is 0 Å². The maximum absolute atomic E-state index is 13.6. The van der Waals surface area contributed by atoms with Gasteiger partial charge in [0.25, 0.3) is 0 Å². The van der Waals surface area contributed by atoms with Crippen LogP contribution in [0.5, 0.6) is 11.5 Å². The quantitative estimate of drug-likeness (QED) is 0.351. The smallest absolute Gasteiger partial charge is 0.231 e. The highest BCUT2D eigenvalue weighted by Gasteiger charge is 2.21. The molecule has 1 aliphatic heterocycles. The minimum absolute atomic E-state index is 0.162. The first-order chi connectivity index (χ1) is 17.0. The molecule has 0 radical (unpaired) electrons. The molecule has 0 atom stereocenters. The van der Waals surface area contributed by atoms with E-state index in [0.717, 1.165) is 16.8 Å². The zero-order valence-corrected chi connectivity index (χ0v) is 19.0. The molecule has 6 rings (SSSR count). The molecule has 5 aromatic rings. The molecule has 35 heavy (non-hydrogen) atoms. The number of fused-ring (bicyclic) bond motifs is 2. The van der Waals surface area contributed by atoms with Crippen molar-refractivity contribution in [3.63, 3.8) is 0 Å². The molecule has 10 heteroatoms. The highest BCUT2D eigenvalue weighted by atomic mass is 35.5. The minimum Gasteiger partial charge on any atom is -0.454 e. The SMILES string of the molecule is Nc1c2c(-c3ccc4c(c3)OCO4)nc(NCc3cccc(F)c3)nc2nn1-c1ccc(Cl)cc1. The number of nitrogens with one attached hydrogen (secondary N) is 1. The third kappa shape index (κ3) is 3.95. The van der Waals surface area contributed by atoms with Crippen molar-refractivity contribution in [3.8, 4) is 28.4 Å². The van der Waals surface area contributed by atoms with E-state index in [2.05, 4.69) is 15.4 Å². The molecule has 3 aromatic carbocycles. The summed E-state index contributed by atoms with van der Waals surface area (Å²) in [5, 5.41) is 9.01. The Morgan fingerprint density at radius 1 is 1.00 bits per heavy atom. The predicted molar refractivity (Wildman–Crippen MR) is 131 cm³/mol. The van der Waals surface area contributed by atoms with Crippen molar-refractivity contribution in [1.82, 2.24) is 19.7 Å². The fourth-order valence-electron chi connectivity index (χ4n) is 3.95. The molecule has 0 amide bonds. The lowest BCUT2D eigenvalue weighted by Crippen LogP contribution is -2.05. The van der Waals surface area contributed by atoms with Gasteiger partial charge in [-0.05, 0) is 60.2 Å². The summed E-state index contributed by atoms with van der Waals surface area (Å²) < 4.78 is 26.2. The van der Waals surface area contributed by atoms with Gasteiger partial charge in [0.2, 0.25) is 12.7 Å². The van der Waals surface area contributed by atoms with Gasteiger partial charge in [-0.25, -0.2) is 14.1 Å². The summed E-state index contributed by atoms with van der Waals surface area (Å²) in [6.45, 7) is 0.492. The van der Waals surface area contributed by atoms with E-state index in [9.17, 15) is 4.39 Å². The maximum Gasteiger partial charge on any atom is 0.231 e. The first kappa shape index (κ1) is 21.2. The number of rotatable bonds is 5. The van der Waals surface area contributed by atoms with Crippen molar-refractivity contribution in [3.05, 3.63) is 83.1 Å². The summed E-state index contributed by atoms with van der Waals surface area (Å²) in [4.78, 5) is 9.34. The monoisotopic (exact) mass is 488 g/mol. The average Bonchev–Trinajstić information content (AvgIpc) is 3.47. The Balaban J connectivity index is 1.48. The zero-order chi connectivity index (χ0) is 23.9. The lowest BCUT2D eigenvalue weighted by Gasteiger charge is -2.09. The number of halogens is 2. The van der Waals surface area contributed by atoms with Crippen molar-refractivity contribution in [2.75, 3.05) is 17.8 Å². The van der Waals surface area contributed by atoms with Crippen LogP contribution >= 0.6 is 11.6 Å². The van der Waals surface area contributed by atoms with E-state index in [1.54, 1.807) is 22.9 Å². The third-order valence-electron chi connectivity index (χ3n) is 5.63. The van der Waals surface area contributed by atoms with Gasteiger partial charge in [0, 0.05) is 17.1 Å². The van der Waals surface area contributed by atoms with Gasteiger partial charge in [0.05, 0.1) is 16.8 Å². The van der Waals surface area contributed by atoms with Crippen molar-refractivity contribution >= 4 is 34.4 Å². The molecule has 0 aliphatic carbocycles. The Bertz CT molecular complexity index is 1570. The molecule has 8 nitrogen and oxygen atoms in total. The second-order valence-electron chi connectivity index (χ2n) is 7.92. The van der Waals surface area contributed by atoms with Crippen LogP contribution in [0.4, 0.5) is 16.2 Å². The van der Waals surface area contributed by atoms with Gasteiger partial charge in [-0.2, -0.15) is 4.98 Å². The summed E-state index contributed by atoms with van der Waals surface area (Å²) in [5.41, 5.74) is 9.79. The minimum atomic E-state index is -0.309. The van der Waals surface area contributed by atoms with Crippen LogP contribution in [-0.4, -0.2) is 26.5 Å². The van der Waals surface area contributed by atoms with Crippen LogP contribution in [0, 0.1) is 5.82 Å². The molecular formula is C25H18ClFN6O2. The largest absolute Gasteiger partial charge is 0.454 e. The average molecular weight is 489 g/mol. The Hall–Kier alpha value is -4.37. The van der Waals surface area contributed by atoms with Crippen molar-refractivity contribution in [1.29, 1.82) is 0 Å². The molecule has 0 fully saturated rings. The van der Waals surface area contributed by atoms with E-state index in [4.69, 9.17) is 31.8 Å². The lowest BCUT2D eigenvalue weighted by molar-refractivity contribution is 0.174. The number of benzene rings is 3. The first-order valence-electron chi connectivity index (χ1n) is 10.8. The molecule has 0 spiro atoms. The van der Waals surface area contributed by atoms with E-state index >= 15 is 0 Å². The second kappa shape index (κ2) is 8.44. The number of hydrogen-bond donors (Lipinski definition) is 2. The number of aromatic nitrogens is 4. The first-order valence-corrected chi connectivity index (χ1v) is 11.1. The molecule has 1 aliphatic rings. The van der Waals surface area contributed by atoms with E-state index in [1.807, 2.05) is 36.4 Å². The molecule has 0 saturated carbocycles. The molecule has 3 N–H and O–H groups in total. The number of nitrogen functional groups attached to an aromatic ring is 1. The number of nitrogens with zero attached hydrogens (tertiary/aromatic N) is 4. The van der Waals surface area contributed by atoms with Crippen LogP contribution in [0.15, 0.2) is 66.7 Å². The van der Waals surface area contributed by atoms with E-state index in [1.165, 1.54) is 12.1 Å². The highest BCUT2D eigenvalue weighted by molar-refractivity contribution is 6.30. The number of nitrogens with two attached hydrogens (primary N) is 1. The molecule has 0 unspecified atom stereocenters. The lowest BCUT2D eigenvalue weighted by atomic mass is 10.1. The van der Waals surface area contributed by atoms with Crippen LogP contribution in [0.2, 0.25) is 5.02 Å². The Kier molecular flexibility index (Phi) is 5.11. The topological polar surface area (TPSA) is 100 Å². The number of hydrogen-bond acceptors (Lipinski definition) is 7. The number of ether oxygens (including phenoxy) is 2. The highest BCUT2D eigenvalue weighted by Crippen LogP contribution is 2.39. The van der Waals surface area contributed by atoms with Gasteiger partial charge in [-0.15, -0.1) is 5.10 Å². The van der Waals surface area contributed by atoms with Crippen LogP contribution < -0.4 is 20.5 Å². The molecule has 3 heterocycles. The van der Waals surface area contributed by atoms with Crippen LogP contribution in [-0.2, 0) is 6.54 Å². The molecular weight excluding hydrogens is 471 g/mol. The normalized spacial score (nSPS) is 12.3. The summed E-state index contributed by atoms with van der Waals surface area (Å²) >= 11 is 6.05. The predicted octanol–water partition coefficient (Wildman–Crippen LogP) is 5.20. The van der Waals surface area contributed by atoms with Gasteiger partial charge < -0.3 is 20.5 Å². The third-order valence-corrected chi connectivity index (χ3v) is 5.88. The fourth-order valence-corrected chi connectivity index (χ4v) is 4.08. The molecule has 174 valence electrons. The van der Waals surface area contributed by atoms with Crippen LogP contribution in [0.1, 0.15) is 5.56 Å². The molecule has 2 aromatic heterocycles. The Morgan fingerprint density at radius 3 is 2.66 bits per heavy atom. The van der Waals surface area contributed by atoms with E-state index in [0.29, 0.717) is 51.6 Å². The standard InChI is InChI=1S/C25H18ClFN6O2/c26-16-5-7-18(8-6-16)33-23(28)21-22(15-4-9-19-20(11-15)35-13-34-19)30-25(31-24(21)32-33)29-12-14-2-1-3-17(27)10-14/h1-11H,12-13,28H2,(H,29,31,32). The Morgan fingerprint density at radius 2 is 1.83 bits per heavy atom. The van der Waals surface area contributed by atoms with Gasteiger partial charge in [0.1, 0.15) is 11.6 Å². The van der Waals surface area contributed by atoms with Gasteiger partial charge in [-0.1, -0.05) is 23.7 Å². The van der Waals surface area contributed by atoms with Gasteiger partial charge >= 0.3 is 0 Å². The van der Waals surface area contributed by atoms with E-state index < -0.39 is 0 Å². The zero-order valence-electron chi connectivity index (χ0n) is 18.2. The summed E-state index contributed by atoms with van der Waals surface area (Å²) in [5.74, 6) is 1.68. The van der Waals surface area contributed by atoms with Crippen LogP contribution in [0.3, 0.4) is 0 Å². The summed E-state index contributed by atoms with van der Waals surface area (Å²) in [6.07, 6.45) is 0. The Labute approximate surface area is 204 Å². The fraction of sp³-hybridized carbons (Fsp3) is 0.0800. The van der Waals surface area contributed by atoms with E-state index in [-0.39, 0.29) is 12.6 Å². The maximum atomic E-state index is 13.6. The van der Waals surface area contributed by atoms with Crippen molar-refractivity contribution < 1.29 is 13.9 Å².